The number of hydrogen-bond acceptors (Lipinski definition) is 4. The minimum atomic E-state index is -1.28. The van der Waals surface area contributed by atoms with Crippen LogP contribution < -0.4 is 5.32 Å². The van der Waals surface area contributed by atoms with Crippen LogP contribution in [-0.2, 0) is 0 Å². The van der Waals surface area contributed by atoms with Gasteiger partial charge in [0.1, 0.15) is 5.56 Å². The Kier molecular flexibility index (Phi) is 3.99. The number of carboxylic acids is 1. The second-order valence-electron chi connectivity index (χ2n) is 4.77. The first-order valence-corrected chi connectivity index (χ1v) is 6.36. The van der Waals surface area contributed by atoms with Gasteiger partial charge in [0.05, 0.1) is 4.92 Å². The SMILES string of the molecule is O=C(O)c1cc(NC2CCCCC2)ccc1[N+](=O)[O-]. The summed E-state index contributed by atoms with van der Waals surface area (Å²) in [6, 6.07) is 4.49. The number of hydrogen-bond donors (Lipinski definition) is 2. The molecule has 0 amide bonds. The number of carbonyl (C=O) groups is 1. The Hall–Kier alpha value is -2.11. The highest BCUT2D eigenvalue weighted by Crippen LogP contribution is 2.26. The summed E-state index contributed by atoms with van der Waals surface area (Å²) in [4.78, 5) is 21.1. The highest BCUT2D eigenvalue weighted by molar-refractivity contribution is 5.93. The van der Waals surface area contributed by atoms with Gasteiger partial charge < -0.3 is 10.4 Å². The van der Waals surface area contributed by atoms with Crippen LogP contribution in [0.4, 0.5) is 11.4 Å². The van der Waals surface area contributed by atoms with E-state index in [1.165, 1.54) is 18.6 Å². The number of rotatable bonds is 4. The van der Waals surface area contributed by atoms with E-state index in [9.17, 15) is 14.9 Å². The molecule has 0 spiro atoms. The minimum Gasteiger partial charge on any atom is -0.477 e. The average Bonchev–Trinajstić information content (AvgIpc) is 2.39. The summed E-state index contributed by atoms with van der Waals surface area (Å²) in [7, 11) is 0. The maximum atomic E-state index is 11.0. The van der Waals surface area contributed by atoms with Gasteiger partial charge in [0.15, 0.2) is 0 Å². The molecule has 0 radical (unpaired) electrons. The van der Waals surface area contributed by atoms with Crippen molar-refractivity contribution in [1.29, 1.82) is 0 Å². The molecule has 1 aliphatic carbocycles. The maximum Gasteiger partial charge on any atom is 0.342 e. The van der Waals surface area contributed by atoms with Crippen molar-refractivity contribution in [3.63, 3.8) is 0 Å². The molecule has 6 heteroatoms. The molecule has 2 rings (SSSR count). The standard InChI is InChI=1S/C13H16N2O4/c16-13(17)11-8-10(6-7-12(11)15(18)19)14-9-4-2-1-3-5-9/h6-9,14H,1-5H2,(H,16,17). The van der Waals surface area contributed by atoms with Crippen LogP contribution in [0.25, 0.3) is 0 Å². The summed E-state index contributed by atoms with van der Waals surface area (Å²) in [6.45, 7) is 0. The fraction of sp³-hybridized carbons (Fsp3) is 0.462. The first-order chi connectivity index (χ1) is 9.08. The lowest BCUT2D eigenvalue weighted by molar-refractivity contribution is -0.385. The predicted octanol–water partition coefficient (Wildman–Crippen LogP) is 3.04. The van der Waals surface area contributed by atoms with Crippen molar-refractivity contribution in [2.75, 3.05) is 5.32 Å². The molecule has 1 fully saturated rings. The van der Waals surface area contributed by atoms with Crippen LogP contribution in [0.5, 0.6) is 0 Å². The van der Waals surface area contributed by atoms with E-state index in [1.54, 1.807) is 6.07 Å². The molecule has 0 saturated heterocycles. The van der Waals surface area contributed by atoms with Crippen LogP contribution in [0.1, 0.15) is 42.5 Å². The highest BCUT2D eigenvalue weighted by Gasteiger charge is 2.21. The molecule has 1 aromatic carbocycles. The molecule has 0 bridgehead atoms. The van der Waals surface area contributed by atoms with Crippen molar-refractivity contribution in [3.05, 3.63) is 33.9 Å². The van der Waals surface area contributed by atoms with E-state index in [0.717, 1.165) is 25.7 Å². The zero-order valence-electron chi connectivity index (χ0n) is 10.5. The molecule has 1 saturated carbocycles. The topological polar surface area (TPSA) is 92.5 Å². The van der Waals surface area contributed by atoms with E-state index in [2.05, 4.69) is 5.32 Å². The first-order valence-electron chi connectivity index (χ1n) is 6.36. The number of nitrogens with zero attached hydrogens (tertiary/aromatic N) is 1. The van der Waals surface area contributed by atoms with Gasteiger partial charge in [-0.1, -0.05) is 19.3 Å². The molecule has 1 aliphatic rings. The summed E-state index contributed by atoms with van der Waals surface area (Å²) >= 11 is 0. The third-order valence-corrected chi connectivity index (χ3v) is 3.40. The van der Waals surface area contributed by atoms with E-state index in [4.69, 9.17) is 5.11 Å². The normalized spacial score (nSPS) is 16.0. The molecule has 0 atom stereocenters. The Bertz CT molecular complexity index is 495. The number of anilines is 1. The largest absolute Gasteiger partial charge is 0.477 e. The van der Waals surface area contributed by atoms with Gasteiger partial charge in [0, 0.05) is 17.8 Å². The smallest absolute Gasteiger partial charge is 0.342 e. The number of nitro groups is 1. The van der Waals surface area contributed by atoms with Gasteiger partial charge in [-0.3, -0.25) is 10.1 Å². The molecule has 102 valence electrons. The van der Waals surface area contributed by atoms with Crippen LogP contribution in [0.15, 0.2) is 18.2 Å². The maximum absolute atomic E-state index is 11.0. The summed E-state index contributed by atoms with van der Waals surface area (Å²) in [5.41, 5.74) is -0.0117. The fourth-order valence-electron chi connectivity index (χ4n) is 2.44. The summed E-state index contributed by atoms with van der Waals surface area (Å²) < 4.78 is 0. The molecule has 0 heterocycles. The van der Waals surface area contributed by atoms with E-state index < -0.39 is 10.9 Å². The van der Waals surface area contributed by atoms with Gasteiger partial charge in [0.2, 0.25) is 0 Å². The zero-order chi connectivity index (χ0) is 13.8. The second-order valence-corrected chi connectivity index (χ2v) is 4.77. The van der Waals surface area contributed by atoms with E-state index in [1.807, 2.05) is 0 Å². The van der Waals surface area contributed by atoms with Crippen molar-refractivity contribution in [2.24, 2.45) is 0 Å². The summed E-state index contributed by atoms with van der Waals surface area (Å²) in [5, 5.41) is 23.0. The van der Waals surface area contributed by atoms with Gasteiger partial charge in [-0.2, -0.15) is 0 Å². The van der Waals surface area contributed by atoms with Gasteiger partial charge in [-0.15, -0.1) is 0 Å². The Morgan fingerprint density at radius 1 is 1.32 bits per heavy atom. The highest BCUT2D eigenvalue weighted by atomic mass is 16.6. The van der Waals surface area contributed by atoms with E-state index >= 15 is 0 Å². The number of nitro benzene ring substituents is 1. The Balaban J connectivity index is 2.20. The number of carboxylic acid groups (broad SMARTS) is 1. The van der Waals surface area contributed by atoms with Gasteiger partial charge in [-0.25, -0.2) is 4.79 Å². The Morgan fingerprint density at radius 3 is 2.58 bits per heavy atom. The third kappa shape index (κ3) is 3.21. The predicted molar refractivity (Wildman–Crippen MR) is 70.6 cm³/mol. The molecule has 19 heavy (non-hydrogen) atoms. The van der Waals surface area contributed by atoms with Gasteiger partial charge in [-0.05, 0) is 25.0 Å². The molecule has 2 N–H and O–H groups in total. The van der Waals surface area contributed by atoms with Crippen molar-refractivity contribution in [3.8, 4) is 0 Å². The molecule has 6 nitrogen and oxygen atoms in total. The molecule has 0 unspecified atom stereocenters. The minimum absolute atomic E-state index is 0.272. The monoisotopic (exact) mass is 264 g/mol. The van der Waals surface area contributed by atoms with Crippen LogP contribution >= 0.6 is 0 Å². The van der Waals surface area contributed by atoms with Crippen LogP contribution in [-0.4, -0.2) is 22.0 Å². The lowest BCUT2D eigenvalue weighted by Crippen LogP contribution is -2.22. The van der Waals surface area contributed by atoms with Crippen LogP contribution in [0.2, 0.25) is 0 Å². The number of nitrogens with one attached hydrogen (secondary N) is 1. The molecule has 1 aromatic rings. The first kappa shape index (κ1) is 13.3. The molecule has 0 aliphatic heterocycles. The van der Waals surface area contributed by atoms with Gasteiger partial charge in [0.25, 0.3) is 5.69 Å². The van der Waals surface area contributed by atoms with E-state index in [-0.39, 0.29) is 11.3 Å². The van der Waals surface area contributed by atoms with Crippen LogP contribution in [0, 0.1) is 10.1 Å². The summed E-state index contributed by atoms with van der Waals surface area (Å²) in [5.74, 6) is -1.28. The Labute approximate surface area is 110 Å². The molecular formula is C13H16N2O4. The van der Waals surface area contributed by atoms with E-state index in [0.29, 0.717) is 11.7 Å². The average molecular weight is 264 g/mol. The van der Waals surface area contributed by atoms with Crippen molar-refractivity contribution in [1.82, 2.24) is 0 Å². The zero-order valence-corrected chi connectivity index (χ0v) is 10.5. The lowest BCUT2D eigenvalue weighted by atomic mass is 9.95. The third-order valence-electron chi connectivity index (χ3n) is 3.40. The number of aromatic carboxylic acids is 1. The lowest BCUT2D eigenvalue weighted by Gasteiger charge is -2.23. The fourth-order valence-corrected chi connectivity index (χ4v) is 2.44. The number of benzene rings is 1. The Morgan fingerprint density at radius 2 is 2.00 bits per heavy atom. The molecule has 0 aromatic heterocycles. The summed E-state index contributed by atoms with van der Waals surface area (Å²) in [6.07, 6.45) is 5.67. The van der Waals surface area contributed by atoms with Crippen molar-refractivity contribution >= 4 is 17.3 Å². The quantitative estimate of drug-likeness (QED) is 0.644. The van der Waals surface area contributed by atoms with Crippen molar-refractivity contribution in [2.45, 2.75) is 38.1 Å². The van der Waals surface area contributed by atoms with Crippen LogP contribution in [0.3, 0.4) is 0 Å². The van der Waals surface area contributed by atoms with Gasteiger partial charge >= 0.3 is 5.97 Å². The second kappa shape index (κ2) is 5.69. The van der Waals surface area contributed by atoms with Crippen molar-refractivity contribution < 1.29 is 14.8 Å². The molecular weight excluding hydrogens is 248 g/mol.